The molecule has 0 aromatic rings. The molecule has 12 heteroatoms. The van der Waals surface area contributed by atoms with E-state index in [-0.39, 0.29) is 19.4 Å². The fourth-order valence-corrected chi connectivity index (χ4v) is 2.77. The summed E-state index contributed by atoms with van der Waals surface area (Å²) >= 11 is 4.27. The summed E-state index contributed by atoms with van der Waals surface area (Å²) in [6.07, 6.45) is -9.96. The van der Waals surface area contributed by atoms with Gasteiger partial charge in [0.2, 0.25) is 0 Å². The molecule has 124 valence electrons. The maximum absolute atomic E-state index is 12.0. The number of halogens is 6. The Morgan fingerprint density at radius 2 is 1.48 bits per heavy atom. The predicted molar refractivity (Wildman–Crippen MR) is 65.6 cm³/mol. The third-order valence-electron chi connectivity index (χ3n) is 1.87. The van der Waals surface area contributed by atoms with Gasteiger partial charge in [0, 0.05) is 6.54 Å². The first-order chi connectivity index (χ1) is 9.47. The van der Waals surface area contributed by atoms with Gasteiger partial charge in [0.25, 0.3) is 0 Å². The summed E-state index contributed by atoms with van der Waals surface area (Å²) in [5.74, 6) is 0. The third kappa shape index (κ3) is 12.9. The normalized spacial score (nSPS) is 13.0. The van der Waals surface area contributed by atoms with Crippen molar-refractivity contribution in [2.24, 2.45) is 4.99 Å². The monoisotopic (exact) mass is 359 g/mol. The van der Waals surface area contributed by atoms with Crippen LogP contribution in [0.5, 0.6) is 0 Å². The van der Waals surface area contributed by atoms with Crippen molar-refractivity contribution in [2.75, 3.05) is 25.9 Å². The van der Waals surface area contributed by atoms with Crippen LogP contribution in [0.2, 0.25) is 0 Å². The molecule has 0 saturated heterocycles. The number of hydrogen-bond acceptors (Lipinski definition) is 5. The van der Waals surface area contributed by atoms with Gasteiger partial charge >= 0.3 is 19.9 Å². The highest BCUT2D eigenvalue weighted by Gasteiger charge is 2.38. The number of alkyl halides is 6. The highest BCUT2D eigenvalue weighted by atomic mass is 32.1. The molecule has 0 aliphatic carbocycles. The van der Waals surface area contributed by atoms with Crippen LogP contribution in [0.3, 0.4) is 0 Å². The van der Waals surface area contributed by atoms with Crippen molar-refractivity contribution in [1.29, 1.82) is 0 Å². The molecule has 0 atom stereocenters. The van der Waals surface area contributed by atoms with E-state index in [1.165, 1.54) is 0 Å². The van der Waals surface area contributed by atoms with E-state index in [4.69, 9.17) is 0 Å². The summed E-state index contributed by atoms with van der Waals surface area (Å²) in [6.45, 7) is -3.72. The Bertz CT molecular complexity index is 385. The van der Waals surface area contributed by atoms with E-state index in [0.717, 1.165) is 0 Å². The Kier molecular flexibility index (Phi) is 8.65. The molecule has 0 aromatic carbocycles. The van der Waals surface area contributed by atoms with Crippen LogP contribution in [0.15, 0.2) is 4.99 Å². The second-order valence-corrected chi connectivity index (χ2v) is 6.16. The van der Waals surface area contributed by atoms with Crippen molar-refractivity contribution in [3.63, 3.8) is 0 Å². The van der Waals surface area contributed by atoms with Crippen LogP contribution >= 0.6 is 19.8 Å². The van der Waals surface area contributed by atoms with Crippen molar-refractivity contribution in [3.05, 3.63) is 0 Å². The number of nitrogens with zero attached hydrogens (tertiary/aromatic N) is 1. The van der Waals surface area contributed by atoms with Crippen LogP contribution in [0, 0.1) is 0 Å². The average Bonchev–Trinajstić information content (AvgIpc) is 2.33. The lowest BCUT2D eigenvalue weighted by Crippen LogP contribution is -2.20. The summed E-state index contributed by atoms with van der Waals surface area (Å²) in [6, 6.07) is 0. The zero-order valence-electron chi connectivity index (χ0n) is 10.5. The molecule has 0 radical (unpaired) electrons. The number of hydrogen-bond donors (Lipinski definition) is 0. The van der Waals surface area contributed by atoms with Gasteiger partial charge in [-0.25, -0.2) is 4.99 Å². The standard InChI is InChI=1S/C9H12F6NO3PS/c10-8(11,12)5-18-20(17,19-6-9(13,14)15)4-2-1-3-16-7-21/h1-6H2. The van der Waals surface area contributed by atoms with Gasteiger partial charge in [0.1, 0.15) is 0 Å². The molecular weight excluding hydrogens is 347 g/mol. The second kappa shape index (κ2) is 8.85. The molecule has 0 unspecified atom stereocenters. The van der Waals surface area contributed by atoms with E-state index in [1.54, 1.807) is 0 Å². The van der Waals surface area contributed by atoms with Gasteiger partial charge in [-0.1, -0.05) is 0 Å². The minimum absolute atomic E-state index is 0.00745. The Morgan fingerprint density at radius 3 is 1.86 bits per heavy atom. The molecule has 0 heterocycles. The zero-order valence-corrected chi connectivity index (χ0v) is 12.2. The molecule has 0 fully saturated rings. The Labute approximate surface area is 122 Å². The van der Waals surface area contributed by atoms with Crippen molar-refractivity contribution in [1.82, 2.24) is 0 Å². The van der Waals surface area contributed by atoms with Crippen LogP contribution in [-0.4, -0.2) is 43.4 Å². The van der Waals surface area contributed by atoms with Gasteiger partial charge in [0.15, 0.2) is 13.2 Å². The Morgan fingerprint density at radius 1 is 1.00 bits per heavy atom. The van der Waals surface area contributed by atoms with Gasteiger partial charge in [0.05, 0.1) is 11.3 Å². The number of unbranched alkanes of at least 4 members (excludes halogenated alkanes) is 1. The molecule has 0 saturated carbocycles. The predicted octanol–water partition coefficient (Wildman–Crippen LogP) is 4.22. The topological polar surface area (TPSA) is 47.9 Å². The van der Waals surface area contributed by atoms with Crippen molar-refractivity contribution < 1.29 is 40.0 Å². The first-order valence-electron chi connectivity index (χ1n) is 5.53. The van der Waals surface area contributed by atoms with E-state index in [9.17, 15) is 30.9 Å². The third-order valence-corrected chi connectivity index (χ3v) is 3.90. The van der Waals surface area contributed by atoms with Crippen molar-refractivity contribution in [3.8, 4) is 0 Å². The number of aliphatic imine (C=N–C) groups is 1. The molecule has 0 spiro atoms. The van der Waals surface area contributed by atoms with Gasteiger partial charge in [-0.3, -0.25) is 13.6 Å². The number of thiocarbonyl (C=S) groups is 1. The molecule has 0 amide bonds. The largest absolute Gasteiger partial charge is 0.412 e. The molecular formula is C9H12F6NO3PS. The fourth-order valence-electron chi connectivity index (χ4n) is 1.05. The highest BCUT2D eigenvalue weighted by molar-refractivity contribution is 7.78. The van der Waals surface area contributed by atoms with Crippen LogP contribution in [0.1, 0.15) is 12.8 Å². The van der Waals surface area contributed by atoms with E-state index in [1.807, 2.05) is 5.16 Å². The van der Waals surface area contributed by atoms with Gasteiger partial charge in [-0.05, 0) is 25.1 Å². The van der Waals surface area contributed by atoms with Crippen LogP contribution in [0.4, 0.5) is 26.3 Å². The molecule has 0 bridgehead atoms. The molecule has 0 aromatic heterocycles. The lowest BCUT2D eigenvalue weighted by atomic mass is 10.3. The molecule has 0 aliphatic heterocycles. The first-order valence-corrected chi connectivity index (χ1v) is 7.66. The van der Waals surface area contributed by atoms with E-state index in [2.05, 4.69) is 26.3 Å². The SMILES string of the molecule is O=P(CCCCN=C=S)(OCC(F)(F)F)OCC(F)(F)F. The van der Waals surface area contributed by atoms with Crippen LogP contribution in [-0.2, 0) is 13.6 Å². The van der Waals surface area contributed by atoms with Gasteiger partial charge in [-0.15, -0.1) is 0 Å². The lowest BCUT2D eigenvalue weighted by Gasteiger charge is -2.20. The fraction of sp³-hybridized carbons (Fsp3) is 0.889. The smallest absolute Gasteiger partial charge is 0.299 e. The molecule has 21 heavy (non-hydrogen) atoms. The van der Waals surface area contributed by atoms with Crippen molar-refractivity contribution >= 4 is 25.0 Å². The minimum atomic E-state index is -4.82. The summed E-state index contributed by atoms with van der Waals surface area (Å²) in [5.41, 5.74) is 0. The highest BCUT2D eigenvalue weighted by Crippen LogP contribution is 2.50. The number of isothiocyanates is 1. The lowest BCUT2D eigenvalue weighted by molar-refractivity contribution is -0.165. The molecule has 4 nitrogen and oxygen atoms in total. The summed E-state index contributed by atoms with van der Waals surface area (Å²) in [5, 5.41) is 2.03. The maximum Gasteiger partial charge on any atom is 0.412 e. The molecule has 0 aliphatic rings. The number of rotatable bonds is 9. The minimum Gasteiger partial charge on any atom is -0.299 e. The van der Waals surface area contributed by atoms with Gasteiger partial charge in [-0.2, -0.15) is 26.3 Å². The molecule has 0 rings (SSSR count). The second-order valence-electron chi connectivity index (χ2n) is 3.79. The summed E-state index contributed by atoms with van der Waals surface area (Å²) in [7, 11) is -4.49. The summed E-state index contributed by atoms with van der Waals surface area (Å²) in [4.78, 5) is 3.50. The van der Waals surface area contributed by atoms with E-state index < -0.39 is 39.3 Å². The maximum atomic E-state index is 12.0. The first kappa shape index (κ1) is 20.5. The quantitative estimate of drug-likeness (QED) is 0.203. The van der Waals surface area contributed by atoms with E-state index in [0.29, 0.717) is 0 Å². The van der Waals surface area contributed by atoms with Crippen LogP contribution < -0.4 is 0 Å². The van der Waals surface area contributed by atoms with Crippen molar-refractivity contribution in [2.45, 2.75) is 25.2 Å². The van der Waals surface area contributed by atoms with Crippen LogP contribution in [0.25, 0.3) is 0 Å². The molecule has 0 N–H and O–H groups in total. The Hall–Kier alpha value is -0.470. The van der Waals surface area contributed by atoms with Gasteiger partial charge < -0.3 is 0 Å². The average molecular weight is 359 g/mol. The van der Waals surface area contributed by atoms with E-state index >= 15 is 0 Å². The Balaban J connectivity index is 4.51. The summed E-state index contributed by atoms with van der Waals surface area (Å²) < 4.78 is 91.8. The zero-order chi connectivity index (χ0) is 16.6.